The Balaban J connectivity index is 4.54. The van der Waals surface area contributed by atoms with Crippen LogP contribution in [0.4, 0.5) is 0 Å². The van der Waals surface area contributed by atoms with Crippen molar-refractivity contribution >= 4 is 23.8 Å². The van der Waals surface area contributed by atoms with E-state index in [1.807, 2.05) is 0 Å². The smallest absolute Gasteiger partial charge is 0.185 e. The molecule has 14 nitrogen and oxygen atoms in total. The molecule has 0 bridgehead atoms. The lowest BCUT2D eigenvalue weighted by Gasteiger charge is -2.24. The lowest BCUT2D eigenvalue weighted by Crippen LogP contribution is -2.31. The molecule has 0 aromatic rings. The molecule has 0 spiro atoms. The molecule has 0 aliphatic heterocycles. The first kappa shape index (κ1) is 31.0. The molecule has 0 rings (SSSR count). The predicted octanol–water partition coefficient (Wildman–Crippen LogP) is -2.98. The van der Waals surface area contributed by atoms with Gasteiger partial charge >= 0.3 is 0 Å². The van der Waals surface area contributed by atoms with Gasteiger partial charge in [0.1, 0.15) is 0 Å². The largest absolute Gasteiger partial charge is 0.370 e. The van der Waals surface area contributed by atoms with Crippen LogP contribution in [-0.2, 0) is 0 Å². The van der Waals surface area contributed by atoms with Gasteiger partial charge in [-0.1, -0.05) is 0 Å². The molecule has 0 unspecified atom stereocenters. The summed E-state index contributed by atoms with van der Waals surface area (Å²) in [5.41, 5.74) is 43.3. The second-order valence-electron chi connectivity index (χ2n) is 8.03. The predicted molar refractivity (Wildman–Crippen MR) is 143 cm³/mol. The fraction of sp³-hybridized carbons (Fsp3) is 0.800. The minimum Gasteiger partial charge on any atom is -0.370 e. The zero-order valence-corrected chi connectivity index (χ0v) is 20.6. The molecule has 198 valence electrons. The third-order valence-corrected chi connectivity index (χ3v) is 4.91. The molecule has 14 heteroatoms. The molecule has 0 aliphatic carbocycles. The van der Waals surface area contributed by atoms with Crippen molar-refractivity contribution in [1.82, 2.24) is 9.80 Å². The van der Waals surface area contributed by atoms with Crippen molar-refractivity contribution in [2.24, 2.45) is 65.8 Å². The minimum absolute atomic E-state index is 0.124. The van der Waals surface area contributed by atoms with Crippen molar-refractivity contribution in [3.8, 4) is 0 Å². The highest BCUT2D eigenvalue weighted by Crippen LogP contribution is 2.04. The van der Waals surface area contributed by atoms with E-state index in [9.17, 15) is 0 Å². The molecule has 0 aromatic carbocycles. The normalized spacial score (nSPS) is 10.8. The first-order valence-electron chi connectivity index (χ1n) is 11.9. The van der Waals surface area contributed by atoms with Crippen LogP contribution in [-0.4, -0.2) is 99.1 Å². The zero-order chi connectivity index (χ0) is 25.6. The summed E-state index contributed by atoms with van der Waals surface area (Å²) in [5, 5.41) is 0. The number of rotatable bonds is 21. The Labute approximate surface area is 203 Å². The molecular formula is C20H48N14. The molecular weight excluding hydrogens is 436 g/mol. The van der Waals surface area contributed by atoms with E-state index in [-0.39, 0.29) is 23.8 Å². The van der Waals surface area contributed by atoms with Crippen LogP contribution in [0.15, 0.2) is 20.0 Å². The lowest BCUT2D eigenvalue weighted by atomic mass is 10.2. The molecule has 0 fully saturated rings. The summed E-state index contributed by atoms with van der Waals surface area (Å²) in [6, 6.07) is 0. The molecule has 34 heavy (non-hydrogen) atoms. The van der Waals surface area contributed by atoms with E-state index >= 15 is 0 Å². The number of nitrogens with zero attached hydrogens (tertiary/aromatic N) is 6. The van der Waals surface area contributed by atoms with Crippen LogP contribution in [0.1, 0.15) is 38.5 Å². The van der Waals surface area contributed by atoms with Gasteiger partial charge in [-0.3, -0.25) is 20.0 Å². The summed E-state index contributed by atoms with van der Waals surface area (Å²) in [4.78, 5) is 21.1. The number of guanidine groups is 4. The molecule has 0 radical (unpaired) electrons. The third-order valence-electron chi connectivity index (χ3n) is 4.91. The van der Waals surface area contributed by atoms with Crippen LogP contribution < -0.4 is 45.9 Å². The summed E-state index contributed by atoms with van der Waals surface area (Å²) >= 11 is 0. The Morgan fingerprint density at radius 1 is 0.353 bits per heavy atom. The van der Waals surface area contributed by atoms with Gasteiger partial charge in [0, 0.05) is 26.2 Å². The number of hydrogen-bond donors (Lipinski definition) is 8. The fourth-order valence-corrected chi connectivity index (χ4v) is 3.35. The quantitative estimate of drug-likeness (QED) is 0.0465. The monoisotopic (exact) mass is 484 g/mol. The Kier molecular flexibility index (Phi) is 18.8. The van der Waals surface area contributed by atoms with E-state index < -0.39 is 0 Å². The Morgan fingerprint density at radius 3 is 0.765 bits per heavy atom. The van der Waals surface area contributed by atoms with Gasteiger partial charge in [-0.2, -0.15) is 0 Å². The fourth-order valence-electron chi connectivity index (χ4n) is 3.35. The van der Waals surface area contributed by atoms with Gasteiger partial charge in [0.2, 0.25) is 0 Å². The molecule has 0 heterocycles. The third kappa shape index (κ3) is 22.2. The van der Waals surface area contributed by atoms with E-state index in [0.717, 1.165) is 77.8 Å². The number of aliphatic imine (C=N–C) groups is 4. The van der Waals surface area contributed by atoms with E-state index in [0.29, 0.717) is 26.2 Å². The van der Waals surface area contributed by atoms with E-state index in [1.54, 1.807) is 0 Å². The van der Waals surface area contributed by atoms with Crippen LogP contribution in [0.25, 0.3) is 0 Å². The van der Waals surface area contributed by atoms with Crippen molar-refractivity contribution in [3.63, 3.8) is 0 Å². The summed E-state index contributed by atoms with van der Waals surface area (Å²) in [5.74, 6) is 0.497. The van der Waals surface area contributed by atoms with Crippen molar-refractivity contribution in [1.29, 1.82) is 0 Å². The summed E-state index contributed by atoms with van der Waals surface area (Å²) in [6.45, 7) is 8.10. The van der Waals surface area contributed by atoms with Gasteiger partial charge in [0.15, 0.2) is 23.8 Å². The van der Waals surface area contributed by atoms with Gasteiger partial charge in [-0.25, -0.2) is 0 Å². The van der Waals surface area contributed by atoms with Gasteiger partial charge in [0.25, 0.3) is 0 Å². The highest BCUT2D eigenvalue weighted by molar-refractivity contribution is 5.76. The average molecular weight is 485 g/mol. The summed E-state index contributed by atoms with van der Waals surface area (Å²) in [6.07, 6.45) is 5.71. The second-order valence-corrected chi connectivity index (χ2v) is 8.03. The van der Waals surface area contributed by atoms with Crippen LogP contribution >= 0.6 is 0 Å². The van der Waals surface area contributed by atoms with Crippen LogP contribution in [0.3, 0.4) is 0 Å². The maximum absolute atomic E-state index is 5.41. The molecule has 0 amide bonds. The number of hydrogen-bond acceptors (Lipinski definition) is 6. The summed E-state index contributed by atoms with van der Waals surface area (Å²) in [7, 11) is 0. The van der Waals surface area contributed by atoms with Crippen LogP contribution in [0.5, 0.6) is 0 Å². The zero-order valence-electron chi connectivity index (χ0n) is 20.6. The Bertz CT molecular complexity index is 513. The van der Waals surface area contributed by atoms with Crippen molar-refractivity contribution in [2.45, 2.75) is 38.5 Å². The topological polar surface area (TPSA) is 264 Å². The van der Waals surface area contributed by atoms with Crippen molar-refractivity contribution < 1.29 is 0 Å². The SMILES string of the molecule is NC(N)=NCCCN(CCCCN(CCCN=C(N)N)CCCN=C(N)N)CCCN=C(N)N. The van der Waals surface area contributed by atoms with Crippen LogP contribution in [0, 0.1) is 0 Å². The standard InChI is InChI=1S/C20H48N14/c21-17(22)29-7-3-13-33(14-4-8-30-18(23)24)11-1-2-12-34(15-5-9-31-19(25)26)16-6-10-32-20(27)28/h1-16H2,(H4,21,22,29)(H4,23,24,30)(H4,25,26,31)(H4,27,28,32). The second kappa shape index (κ2) is 20.6. The minimum atomic E-state index is 0.124. The maximum atomic E-state index is 5.41. The van der Waals surface area contributed by atoms with Gasteiger partial charge in [-0.05, 0) is 77.8 Å². The number of nitrogens with two attached hydrogens (primary N) is 8. The maximum Gasteiger partial charge on any atom is 0.185 e. The average Bonchev–Trinajstić information content (AvgIpc) is 2.75. The van der Waals surface area contributed by atoms with E-state index in [1.165, 1.54) is 0 Å². The summed E-state index contributed by atoms with van der Waals surface area (Å²) < 4.78 is 0. The Morgan fingerprint density at radius 2 is 0.559 bits per heavy atom. The van der Waals surface area contributed by atoms with E-state index in [4.69, 9.17) is 45.9 Å². The van der Waals surface area contributed by atoms with Crippen LogP contribution in [0.2, 0.25) is 0 Å². The van der Waals surface area contributed by atoms with Gasteiger partial charge in [-0.15, -0.1) is 0 Å². The van der Waals surface area contributed by atoms with Gasteiger partial charge < -0.3 is 55.7 Å². The first-order chi connectivity index (χ1) is 16.2. The lowest BCUT2D eigenvalue weighted by molar-refractivity contribution is 0.237. The molecule has 16 N–H and O–H groups in total. The first-order valence-corrected chi connectivity index (χ1v) is 11.9. The van der Waals surface area contributed by atoms with E-state index in [2.05, 4.69) is 29.8 Å². The number of unbranched alkanes of at least 4 members (excludes halogenated alkanes) is 1. The Hall–Kier alpha value is -3.00. The van der Waals surface area contributed by atoms with Crippen molar-refractivity contribution in [2.75, 3.05) is 65.4 Å². The molecule has 0 saturated carbocycles. The molecule has 0 atom stereocenters. The molecule has 0 aliphatic rings. The highest BCUT2D eigenvalue weighted by atomic mass is 15.1. The molecule has 0 aromatic heterocycles. The van der Waals surface area contributed by atoms with Gasteiger partial charge in [0.05, 0.1) is 0 Å². The van der Waals surface area contributed by atoms with Crippen molar-refractivity contribution in [3.05, 3.63) is 0 Å². The highest BCUT2D eigenvalue weighted by Gasteiger charge is 2.08. The molecule has 0 saturated heterocycles.